The van der Waals surface area contributed by atoms with Gasteiger partial charge in [0.1, 0.15) is 24.4 Å². The molecule has 0 bridgehead atoms. The van der Waals surface area contributed by atoms with Gasteiger partial charge >= 0.3 is 0 Å². The number of carbonyl (C=O) groups excluding carboxylic acids is 1. The van der Waals surface area contributed by atoms with E-state index in [1.807, 2.05) is 6.08 Å². The quantitative estimate of drug-likeness (QED) is 0.0261. The molecular weight excluding hydrogens is 959 g/mol. The molecule has 1 fully saturated rings. The van der Waals surface area contributed by atoms with Gasteiger partial charge in [-0.2, -0.15) is 0 Å². The van der Waals surface area contributed by atoms with Crippen LogP contribution in [0.15, 0.2) is 72.9 Å². The van der Waals surface area contributed by atoms with E-state index in [-0.39, 0.29) is 12.5 Å². The van der Waals surface area contributed by atoms with Gasteiger partial charge in [0, 0.05) is 6.42 Å². The lowest BCUT2D eigenvalue weighted by Crippen LogP contribution is -2.60. The molecule has 1 heterocycles. The van der Waals surface area contributed by atoms with Gasteiger partial charge in [0.05, 0.1) is 25.4 Å². The second kappa shape index (κ2) is 56.9. The van der Waals surface area contributed by atoms with Crippen molar-refractivity contribution in [2.24, 2.45) is 0 Å². The molecule has 7 unspecified atom stereocenters. The van der Waals surface area contributed by atoms with E-state index >= 15 is 0 Å². The lowest BCUT2D eigenvalue weighted by Gasteiger charge is -2.40. The highest BCUT2D eigenvalue weighted by atomic mass is 16.7. The zero-order valence-electron chi connectivity index (χ0n) is 50.0. The Kier molecular flexibility index (Phi) is 53.7. The standard InChI is InChI=1S/C68H123NO8/c1-3-5-7-9-11-13-15-17-19-21-23-25-27-29-31-33-35-37-39-41-43-45-47-49-51-53-55-57-62(71)61(60-76-68-67(75)66(74)65(73)63(59-70)77-68)69-64(72)58-56-54-52-50-48-46-44-42-40-38-36-34-32-30-28-26-24-22-20-18-16-14-12-10-8-6-4-2/h6,8,12,14,18,20,24,26,47,49,55,57,61-63,65-68,70-71,73-75H,3-5,7,9-11,13,15-17,19,21-23,25,27-46,48,50-54,56,58-60H2,1-2H3,(H,69,72)/b8-6-,14-12-,20-18-,26-24-,49-47+,57-55+. The Balaban J connectivity index is 2.19. The van der Waals surface area contributed by atoms with Crippen LogP contribution in [-0.4, -0.2) is 87.5 Å². The van der Waals surface area contributed by atoms with Gasteiger partial charge in [-0.25, -0.2) is 0 Å². The summed E-state index contributed by atoms with van der Waals surface area (Å²) in [6, 6.07) is -0.827. The summed E-state index contributed by atoms with van der Waals surface area (Å²) >= 11 is 0. The highest BCUT2D eigenvalue weighted by molar-refractivity contribution is 5.76. The Morgan fingerprint density at radius 3 is 1.25 bits per heavy atom. The number of hydrogen-bond acceptors (Lipinski definition) is 8. The van der Waals surface area contributed by atoms with E-state index in [0.29, 0.717) is 6.42 Å². The van der Waals surface area contributed by atoms with Crippen molar-refractivity contribution in [1.82, 2.24) is 5.32 Å². The van der Waals surface area contributed by atoms with Gasteiger partial charge in [-0.1, -0.05) is 292 Å². The van der Waals surface area contributed by atoms with Crippen molar-refractivity contribution >= 4 is 5.91 Å². The molecule has 7 atom stereocenters. The summed E-state index contributed by atoms with van der Waals surface area (Å²) in [5, 5.41) is 54.7. The van der Waals surface area contributed by atoms with Gasteiger partial charge in [-0.3, -0.25) is 4.79 Å². The zero-order valence-corrected chi connectivity index (χ0v) is 50.0. The van der Waals surface area contributed by atoms with Crippen LogP contribution in [0.4, 0.5) is 0 Å². The van der Waals surface area contributed by atoms with Gasteiger partial charge in [-0.05, 0) is 70.6 Å². The van der Waals surface area contributed by atoms with Crippen molar-refractivity contribution in [3.05, 3.63) is 72.9 Å². The second-order valence-electron chi connectivity index (χ2n) is 22.5. The van der Waals surface area contributed by atoms with Crippen molar-refractivity contribution in [3.63, 3.8) is 0 Å². The fraction of sp³-hybridized carbons (Fsp3) is 0.809. The monoisotopic (exact) mass is 1080 g/mol. The number of carbonyl (C=O) groups is 1. The first-order valence-corrected chi connectivity index (χ1v) is 32.7. The third-order valence-electron chi connectivity index (χ3n) is 15.3. The number of aliphatic hydroxyl groups is 5. The topological polar surface area (TPSA) is 149 Å². The summed E-state index contributed by atoms with van der Waals surface area (Å²) in [4.78, 5) is 13.1. The van der Waals surface area contributed by atoms with Crippen LogP contribution in [0.2, 0.25) is 0 Å². The lowest BCUT2D eigenvalue weighted by atomic mass is 9.99. The number of amides is 1. The Morgan fingerprint density at radius 1 is 0.455 bits per heavy atom. The van der Waals surface area contributed by atoms with Crippen LogP contribution in [0.3, 0.4) is 0 Å². The number of ether oxygens (including phenoxy) is 2. The minimum atomic E-state index is -1.58. The molecule has 1 aliphatic heterocycles. The van der Waals surface area contributed by atoms with Crippen LogP contribution in [-0.2, 0) is 14.3 Å². The smallest absolute Gasteiger partial charge is 0.220 e. The maximum Gasteiger partial charge on any atom is 0.220 e. The molecule has 1 rings (SSSR count). The number of hydrogen-bond donors (Lipinski definition) is 6. The molecule has 0 aliphatic carbocycles. The molecule has 1 aliphatic rings. The van der Waals surface area contributed by atoms with E-state index < -0.39 is 49.5 Å². The molecule has 1 saturated heterocycles. The second-order valence-corrected chi connectivity index (χ2v) is 22.5. The highest BCUT2D eigenvalue weighted by Gasteiger charge is 2.44. The predicted molar refractivity (Wildman–Crippen MR) is 327 cm³/mol. The SMILES string of the molecule is CC/C=C\C/C=C\C/C=C\C/C=C\CCCCCCCCCCCCCCCCC(=O)NC(COC1OC(CO)C(O)C(O)C1O)C(O)/C=C/CC/C=C/CCCCCCCCCCCCCCCCCCCCCCC. The Labute approximate surface area is 474 Å². The molecule has 0 spiro atoms. The predicted octanol–water partition coefficient (Wildman–Crippen LogP) is 17.2. The fourth-order valence-corrected chi connectivity index (χ4v) is 10.2. The molecule has 0 aromatic heterocycles. The zero-order chi connectivity index (χ0) is 55.8. The number of rotatable bonds is 56. The van der Waals surface area contributed by atoms with Crippen molar-refractivity contribution in [2.75, 3.05) is 13.2 Å². The van der Waals surface area contributed by atoms with Crippen LogP contribution in [0, 0.1) is 0 Å². The molecule has 9 nitrogen and oxygen atoms in total. The molecular formula is C68H123NO8. The molecule has 0 saturated carbocycles. The largest absolute Gasteiger partial charge is 0.394 e. The molecule has 0 radical (unpaired) electrons. The van der Waals surface area contributed by atoms with Crippen LogP contribution in [0.5, 0.6) is 0 Å². The first kappa shape index (κ1) is 72.6. The summed E-state index contributed by atoms with van der Waals surface area (Å²) < 4.78 is 11.3. The first-order valence-electron chi connectivity index (χ1n) is 32.7. The van der Waals surface area contributed by atoms with E-state index in [0.717, 1.165) is 64.2 Å². The number of allylic oxidation sites excluding steroid dienone is 11. The minimum absolute atomic E-state index is 0.186. The highest BCUT2D eigenvalue weighted by Crippen LogP contribution is 2.23. The van der Waals surface area contributed by atoms with Crippen LogP contribution in [0.1, 0.15) is 296 Å². The Morgan fingerprint density at radius 2 is 0.818 bits per heavy atom. The first-order chi connectivity index (χ1) is 37.8. The molecule has 1 amide bonds. The summed E-state index contributed by atoms with van der Waals surface area (Å²) in [6.07, 6.45) is 72.8. The summed E-state index contributed by atoms with van der Waals surface area (Å²) in [5.41, 5.74) is 0. The Hall–Kier alpha value is -2.37. The third-order valence-corrected chi connectivity index (χ3v) is 15.3. The van der Waals surface area contributed by atoms with Crippen LogP contribution < -0.4 is 5.32 Å². The van der Waals surface area contributed by atoms with Crippen molar-refractivity contribution in [1.29, 1.82) is 0 Å². The van der Waals surface area contributed by atoms with Gasteiger partial charge < -0.3 is 40.3 Å². The van der Waals surface area contributed by atoms with E-state index in [2.05, 4.69) is 79.9 Å². The third kappa shape index (κ3) is 46.0. The average molecular weight is 1080 g/mol. The molecule has 77 heavy (non-hydrogen) atoms. The number of unbranched alkanes of at least 4 members (excludes halogenated alkanes) is 36. The number of aliphatic hydroxyl groups excluding tert-OH is 5. The molecule has 9 heteroatoms. The van der Waals surface area contributed by atoms with E-state index in [1.165, 1.54) is 212 Å². The van der Waals surface area contributed by atoms with E-state index in [4.69, 9.17) is 9.47 Å². The van der Waals surface area contributed by atoms with E-state index in [1.54, 1.807) is 6.08 Å². The Bertz CT molecular complexity index is 1440. The summed E-state index contributed by atoms with van der Waals surface area (Å²) in [5.74, 6) is -0.186. The normalized spacial score (nSPS) is 19.2. The molecule has 0 aromatic rings. The van der Waals surface area contributed by atoms with Gasteiger partial charge in [0.25, 0.3) is 0 Å². The average Bonchev–Trinajstić information content (AvgIpc) is 3.43. The summed E-state index contributed by atoms with van der Waals surface area (Å²) in [6.45, 7) is 3.68. The molecule has 6 N–H and O–H groups in total. The van der Waals surface area contributed by atoms with Gasteiger partial charge in [0.2, 0.25) is 5.91 Å². The fourth-order valence-electron chi connectivity index (χ4n) is 10.2. The van der Waals surface area contributed by atoms with Gasteiger partial charge in [0.15, 0.2) is 6.29 Å². The van der Waals surface area contributed by atoms with Crippen molar-refractivity contribution < 1.29 is 39.8 Å². The maximum atomic E-state index is 13.1. The summed E-state index contributed by atoms with van der Waals surface area (Å²) in [7, 11) is 0. The van der Waals surface area contributed by atoms with Crippen LogP contribution >= 0.6 is 0 Å². The lowest BCUT2D eigenvalue weighted by molar-refractivity contribution is -0.302. The number of nitrogens with one attached hydrogen (secondary N) is 1. The molecule has 448 valence electrons. The van der Waals surface area contributed by atoms with Crippen molar-refractivity contribution in [2.45, 2.75) is 339 Å². The van der Waals surface area contributed by atoms with Crippen LogP contribution in [0.25, 0.3) is 0 Å². The van der Waals surface area contributed by atoms with Gasteiger partial charge in [-0.15, -0.1) is 0 Å². The van der Waals surface area contributed by atoms with Crippen molar-refractivity contribution in [3.8, 4) is 0 Å². The minimum Gasteiger partial charge on any atom is -0.394 e. The van der Waals surface area contributed by atoms with E-state index in [9.17, 15) is 30.3 Å². The maximum absolute atomic E-state index is 13.1. The molecule has 0 aromatic carbocycles.